The fraction of sp³-hybridized carbons (Fsp3) is 0.846. The highest BCUT2D eigenvalue weighted by Gasteiger charge is 2.23. The fourth-order valence-electron chi connectivity index (χ4n) is 2.14. The van der Waals surface area contributed by atoms with Gasteiger partial charge in [0.05, 0.1) is 0 Å². The molecule has 0 aromatic heterocycles. The molecule has 0 aromatic carbocycles. The summed E-state index contributed by atoms with van der Waals surface area (Å²) in [6.45, 7) is 0.642. The van der Waals surface area contributed by atoms with Crippen LogP contribution in [0.2, 0.25) is 0 Å². The Morgan fingerprint density at radius 2 is 2.11 bits per heavy atom. The summed E-state index contributed by atoms with van der Waals surface area (Å²) in [4.78, 5) is 15.9. The number of hydrogen-bond donors (Lipinski definition) is 2. The van der Waals surface area contributed by atoms with Gasteiger partial charge in [0.25, 0.3) is 0 Å². The summed E-state index contributed by atoms with van der Waals surface area (Å²) in [5.41, 5.74) is 12.4. The van der Waals surface area contributed by atoms with E-state index < -0.39 is 6.04 Å². The van der Waals surface area contributed by atoms with E-state index in [4.69, 9.17) is 16.2 Å². The first-order valence-corrected chi connectivity index (χ1v) is 6.78. The third-order valence-electron chi connectivity index (χ3n) is 3.38. The molecule has 1 aliphatic carbocycles. The average molecular weight is 255 g/mol. The van der Waals surface area contributed by atoms with Gasteiger partial charge in [0.1, 0.15) is 12.1 Å². The normalized spacial score (nSPS) is 21.5. The molecular weight excluding hydrogens is 230 g/mol. The lowest BCUT2D eigenvalue weighted by Crippen LogP contribution is -2.36. The van der Waals surface area contributed by atoms with Crippen molar-refractivity contribution in [2.75, 3.05) is 13.6 Å². The Hall–Kier alpha value is -0.940. The molecule has 1 aliphatic rings. The van der Waals surface area contributed by atoms with Crippen molar-refractivity contribution in [1.29, 1.82) is 0 Å². The second-order valence-electron chi connectivity index (χ2n) is 4.82. The Bertz CT molecular complexity index is 282. The average Bonchev–Trinajstić information content (AvgIpc) is 2.39. The van der Waals surface area contributed by atoms with Crippen molar-refractivity contribution in [2.24, 2.45) is 16.5 Å². The second-order valence-corrected chi connectivity index (χ2v) is 4.82. The highest BCUT2D eigenvalue weighted by atomic mass is 16.5. The largest absolute Gasteiger partial charge is 0.461 e. The summed E-state index contributed by atoms with van der Waals surface area (Å²) in [6.07, 6.45) is 6.05. The third kappa shape index (κ3) is 5.14. The fourth-order valence-corrected chi connectivity index (χ4v) is 2.14. The van der Waals surface area contributed by atoms with Gasteiger partial charge in [0.15, 0.2) is 0 Å². The molecule has 0 unspecified atom stereocenters. The molecule has 5 heteroatoms. The lowest BCUT2D eigenvalue weighted by molar-refractivity contribution is -0.151. The van der Waals surface area contributed by atoms with Gasteiger partial charge in [-0.2, -0.15) is 0 Å². The van der Waals surface area contributed by atoms with Crippen LogP contribution in [-0.2, 0) is 9.53 Å². The zero-order valence-corrected chi connectivity index (χ0v) is 11.2. The van der Waals surface area contributed by atoms with Gasteiger partial charge in [-0.05, 0) is 45.1 Å². The van der Waals surface area contributed by atoms with Gasteiger partial charge in [-0.1, -0.05) is 6.42 Å². The number of carbonyl (C=O) groups excluding carboxylic acids is 1. The molecule has 0 aromatic rings. The van der Waals surface area contributed by atoms with Crippen LogP contribution in [0.4, 0.5) is 0 Å². The molecule has 104 valence electrons. The highest BCUT2D eigenvalue weighted by Crippen LogP contribution is 2.19. The molecule has 1 rings (SSSR count). The van der Waals surface area contributed by atoms with Gasteiger partial charge in [-0.15, -0.1) is 0 Å². The van der Waals surface area contributed by atoms with Crippen molar-refractivity contribution in [3.8, 4) is 0 Å². The molecule has 5 nitrogen and oxygen atoms in total. The molecule has 0 saturated heterocycles. The highest BCUT2D eigenvalue weighted by molar-refractivity contribution is 5.85. The molecule has 0 radical (unpaired) electrons. The van der Waals surface area contributed by atoms with E-state index in [-0.39, 0.29) is 12.1 Å². The quantitative estimate of drug-likeness (QED) is 0.547. The van der Waals surface area contributed by atoms with Gasteiger partial charge in [-0.3, -0.25) is 9.79 Å². The van der Waals surface area contributed by atoms with E-state index in [1.165, 1.54) is 5.71 Å². The molecule has 1 atom stereocenters. The van der Waals surface area contributed by atoms with E-state index in [1.807, 2.05) is 7.05 Å². The summed E-state index contributed by atoms with van der Waals surface area (Å²) in [5, 5.41) is 0. The van der Waals surface area contributed by atoms with Crippen molar-refractivity contribution in [3.63, 3.8) is 0 Å². The van der Waals surface area contributed by atoms with Gasteiger partial charge >= 0.3 is 5.97 Å². The summed E-state index contributed by atoms with van der Waals surface area (Å²) in [7, 11) is 1.81. The van der Waals surface area contributed by atoms with Crippen LogP contribution < -0.4 is 11.5 Å². The van der Waals surface area contributed by atoms with Gasteiger partial charge in [-0.25, -0.2) is 0 Å². The molecule has 4 N–H and O–H groups in total. The topological polar surface area (TPSA) is 90.7 Å². The van der Waals surface area contributed by atoms with E-state index in [2.05, 4.69) is 4.99 Å². The molecule has 0 spiro atoms. The lowest BCUT2D eigenvalue weighted by atomic mass is 9.95. The molecule has 0 aliphatic heterocycles. The van der Waals surface area contributed by atoms with Gasteiger partial charge in [0, 0.05) is 12.8 Å². The van der Waals surface area contributed by atoms with Crippen molar-refractivity contribution in [2.45, 2.75) is 57.1 Å². The molecule has 0 heterocycles. The Morgan fingerprint density at radius 3 is 2.67 bits per heavy atom. The van der Waals surface area contributed by atoms with Crippen LogP contribution in [0.3, 0.4) is 0 Å². The lowest BCUT2D eigenvalue weighted by Gasteiger charge is -2.24. The Morgan fingerprint density at radius 1 is 1.44 bits per heavy atom. The maximum atomic E-state index is 11.7. The summed E-state index contributed by atoms with van der Waals surface area (Å²) in [5.74, 6) is -0.270. The van der Waals surface area contributed by atoms with Crippen LogP contribution in [0.5, 0.6) is 0 Å². The molecular formula is C13H25N3O2. The number of nitrogens with zero attached hydrogens (tertiary/aromatic N) is 1. The van der Waals surface area contributed by atoms with E-state index in [1.54, 1.807) is 0 Å². The van der Waals surface area contributed by atoms with E-state index >= 15 is 0 Å². The minimum absolute atomic E-state index is 0.0172. The Labute approximate surface area is 109 Å². The zero-order valence-electron chi connectivity index (χ0n) is 11.2. The first kappa shape index (κ1) is 15.1. The van der Waals surface area contributed by atoms with E-state index in [0.717, 1.165) is 38.5 Å². The second kappa shape index (κ2) is 8.21. The summed E-state index contributed by atoms with van der Waals surface area (Å²) >= 11 is 0. The Balaban J connectivity index is 2.23. The van der Waals surface area contributed by atoms with Crippen LogP contribution >= 0.6 is 0 Å². The predicted molar refractivity (Wildman–Crippen MR) is 72.6 cm³/mol. The number of esters is 1. The molecule has 1 fully saturated rings. The van der Waals surface area contributed by atoms with Crippen LogP contribution in [0.15, 0.2) is 4.99 Å². The number of rotatable bonds is 6. The minimum atomic E-state index is -0.502. The van der Waals surface area contributed by atoms with E-state index in [9.17, 15) is 4.79 Å². The predicted octanol–water partition coefficient (Wildman–Crippen LogP) is 0.999. The summed E-state index contributed by atoms with van der Waals surface area (Å²) < 4.78 is 5.43. The van der Waals surface area contributed by atoms with E-state index in [0.29, 0.717) is 13.0 Å². The molecule has 0 amide bonds. The van der Waals surface area contributed by atoms with Crippen molar-refractivity contribution in [3.05, 3.63) is 0 Å². The van der Waals surface area contributed by atoms with Crippen LogP contribution in [0.25, 0.3) is 0 Å². The van der Waals surface area contributed by atoms with Crippen LogP contribution in [0.1, 0.15) is 44.9 Å². The smallest absolute Gasteiger partial charge is 0.323 e. The number of aliphatic imine (C=N–C) groups is 1. The van der Waals surface area contributed by atoms with Crippen molar-refractivity contribution in [1.82, 2.24) is 0 Å². The molecule has 1 saturated carbocycles. The zero-order chi connectivity index (χ0) is 13.4. The van der Waals surface area contributed by atoms with Crippen LogP contribution in [-0.4, -0.2) is 37.4 Å². The monoisotopic (exact) mass is 255 g/mol. The summed E-state index contributed by atoms with van der Waals surface area (Å²) in [6, 6.07) is -0.502. The van der Waals surface area contributed by atoms with Crippen molar-refractivity contribution >= 4 is 11.7 Å². The SMILES string of the molecule is CN=C1CCC(OC(=O)[C@@H](N)CCCCN)CC1. The molecule has 0 bridgehead atoms. The minimum Gasteiger partial charge on any atom is -0.461 e. The standard InChI is InChI=1S/C13H25N3O2/c1-16-10-5-7-11(8-6-10)18-13(17)12(15)4-2-3-9-14/h11-12H,2-9,14-15H2,1H3/t11?,12-/m0/s1. The van der Waals surface area contributed by atoms with Gasteiger partial charge < -0.3 is 16.2 Å². The maximum absolute atomic E-state index is 11.7. The number of hydrogen-bond acceptors (Lipinski definition) is 5. The van der Waals surface area contributed by atoms with Crippen molar-refractivity contribution < 1.29 is 9.53 Å². The number of ether oxygens (including phenoxy) is 1. The number of carbonyl (C=O) groups is 1. The maximum Gasteiger partial charge on any atom is 0.323 e. The number of nitrogens with two attached hydrogens (primary N) is 2. The van der Waals surface area contributed by atoms with Gasteiger partial charge in [0.2, 0.25) is 0 Å². The first-order valence-electron chi connectivity index (χ1n) is 6.78. The van der Waals surface area contributed by atoms with Crippen LogP contribution in [0, 0.1) is 0 Å². The number of unbranched alkanes of at least 4 members (excludes halogenated alkanes) is 1. The third-order valence-corrected chi connectivity index (χ3v) is 3.38. The first-order chi connectivity index (χ1) is 8.67. The molecule has 18 heavy (non-hydrogen) atoms. The Kier molecular flexibility index (Phi) is 6.90.